The Morgan fingerprint density at radius 2 is 2.32 bits per heavy atom. The molecule has 1 fully saturated rings. The van der Waals surface area contributed by atoms with Crippen molar-refractivity contribution < 1.29 is 4.74 Å². The summed E-state index contributed by atoms with van der Waals surface area (Å²) in [6, 6.07) is 5.22. The topological polar surface area (TPSA) is 50.5 Å². The lowest BCUT2D eigenvalue weighted by molar-refractivity contribution is -0.0456. The highest BCUT2D eigenvalue weighted by atomic mass is 35.5. The molecule has 1 heterocycles. The predicted molar refractivity (Wildman–Crippen MR) is 78.4 cm³/mol. The minimum absolute atomic E-state index is 0.0327. The number of benzene rings is 1. The number of nitrogens with zero attached hydrogens (tertiary/aromatic N) is 1. The van der Waals surface area contributed by atoms with Gasteiger partial charge in [-0.25, -0.2) is 0 Å². The van der Waals surface area contributed by atoms with Crippen molar-refractivity contribution >= 4 is 23.2 Å². The van der Waals surface area contributed by atoms with E-state index < -0.39 is 0 Å². The van der Waals surface area contributed by atoms with Crippen molar-refractivity contribution in [2.45, 2.75) is 19.1 Å². The molecule has 0 radical (unpaired) electrons. The number of nitrogens with one attached hydrogen (secondary N) is 1. The number of likely N-dealkylation sites (N-methyl/N-ethyl adjacent to an activating group) is 1. The molecule has 4 nitrogen and oxygen atoms in total. The first-order valence-corrected chi connectivity index (χ1v) is 7.16. The number of hydrazine groups is 1. The molecule has 2 unspecified atom stereocenters. The fourth-order valence-corrected chi connectivity index (χ4v) is 2.79. The molecule has 0 saturated carbocycles. The van der Waals surface area contributed by atoms with Crippen LogP contribution in [0, 0.1) is 0 Å². The van der Waals surface area contributed by atoms with Gasteiger partial charge in [0.1, 0.15) is 0 Å². The second kappa shape index (κ2) is 6.88. The molecule has 0 aromatic heterocycles. The third-order valence-electron chi connectivity index (χ3n) is 3.47. The lowest BCUT2D eigenvalue weighted by atomic mass is 10.0. The molecule has 1 saturated heterocycles. The van der Waals surface area contributed by atoms with E-state index in [0.717, 1.165) is 25.2 Å². The van der Waals surface area contributed by atoms with Gasteiger partial charge in [-0.15, -0.1) is 0 Å². The Morgan fingerprint density at radius 3 is 3.00 bits per heavy atom. The van der Waals surface area contributed by atoms with Crippen LogP contribution >= 0.6 is 23.2 Å². The first kappa shape index (κ1) is 15.0. The molecule has 0 amide bonds. The van der Waals surface area contributed by atoms with Crippen LogP contribution in [-0.2, 0) is 4.74 Å². The van der Waals surface area contributed by atoms with Gasteiger partial charge in [-0.1, -0.05) is 30.1 Å². The molecule has 1 aliphatic heterocycles. The van der Waals surface area contributed by atoms with Crippen LogP contribution in [0.5, 0.6) is 0 Å². The first-order chi connectivity index (χ1) is 9.15. The molecule has 0 aliphatic carbocycles. The van der Waals surface area contributed by atoms with E-state index in [0.29, 0.717) is 16.7 Å². The van der Waals surface area contributed by atoms with Gasteiger partial charge in [0.2, 0.25) is 0 Å². The molecular weight excluding hydrogens is 285 g/mol. The van der Waals surface area contributed by atoms with Crippen molar-refractivity contribution in [3.05, 3.63) is 33.8 Å². The Morgan fingerprint density at radius 1 is 1.53 bits per heavy atom. The molecule has 3 N–H and O–H groups in total. The summed E-state index contributed by atoms with van der Waals surface area (Å²) in [5.41, 5.74) is 3.68. The van der Waals surface area contributed by atoms with E-state index in [4.69, 9.17) is 33.8 Å². The molecule has 1 aromatic rings. The normalized spacial score (nSPS) is 22.4. The highest BCUT2D eigenvalue weighted by Crippen LogP contribution is 2.30. The zero-order valence-electron chi connectivity index (χ0n) is 10.9. The summed E-state index contributed by atoms with van der Waals surface area (Å²) in [5, 5.41) is 1.28. The van der Waals surface area contributed by atoms with Crippen LogP contribution in [0.1, 0.15) is 18.5 Å². The molecular formula is C13H19Cl2N3O. The van der Waals surface area contributed by atoms with Crippen LogP contribution in [0.25, 0.3) is 0 Å². The second-order valence-electron chi connectivity index (χ2n) is 4.61. The summed E-state index contributed by atoms with van der Waals surface area (Å²) < 4.78 is 5.83. The Kier molecular flexibility index (Phi) is 5.45. The average Bonchev–Trinajstić information content (AvgIpc) is 2.44. The van der Waals surface area contributed by atoms with Gasteiger partial charge in [-0.2, -0.15) is 0 Å². The molecule has 1 aromatic carbocycles. The van der Waals surface area contributed by atoms with E-state index >= 15 is 0 Å². The van der Waals surface area contributed by atoms with Gasteiger partial charge in [0.25, 0.3) is 0 Å². The molecule has 6 heteroatoms. The predicted octanol–water partition coefficient (Wildman–Crippen LogP) is 2.22. The average molecular weight is 304 g/mol. The van der Waals surface area contributed by atoms with Gasteiger partial charge < -0.3 is 4.74 Å². The summed E-state index contributed by atoms with van der Waals surface area (Å²) in [5.74, 6) is 5.69. The quantitative estimate of drug-likeness (QED) is 0.661. The van der Waals surface area contributed by atoms with Crippen molar-refractivity contribution in [2.75, 3.05) is 26.2 Å². The van der Waals surface area contributed by atoms with E-state index in [9.17, 15) is 0 Å². The fourth-order valence-electron chi connectivity index (χ4n) is 2.37. The summed E-state index contributed by atoms with van der Waals surface area (Å²) >= 11 is 12.3. The van der Waals surface area contributed by atoms with Crippen LogP contribution in [0.3, 0.4) is 0 Å². The summed E-state index contributed by atoms with van der Waals surface area (Å²) in [7, 11) is 0. The van der Waals surface area contributed by atoms with Crippen LogP contribution in [0.4, 0.5) is 0 Å². The molecule has 2 atom stereocenters. The van der Waals surface area contributed by atoms with Gasteiger partial charge in [-0.05, 0) is 30.3 Å². The Bertz CT molecular complexity index is 430. The second-order valence-corrected chi connectivity index (χ2v) is 5.46. The van der Waals surface area contributed by atoms with Crippen molar-refractivity contribution in [3.63, 3.8) is 0 Å². The summed E-state index contributed by atoms with van der Waals surface area (Å²) in [4.78, 5) is 2.33. The molecule has 2 rings (SSSR count). The fraction of sp³-hybridized carbons (Fsp3) is 0.538. The Hall–Kier alpha value is -0.360. The first-order valence-electron chi connectivity index (χ1n) is 6.40. The smallest absolute Gasteiger partial charge is 0.0910 e. The number of rotatable bonds is 4. The van der Waals surface area contributed by atoms with Crippen molar-refractivity contribution in [1.29, 1.82) is 0 Å². The molecule has 0 bridgehead atoms. The van der Waals surface area contributed by atoms with Crippen molar-refractivity contribution in [3.8, 4) is 0 Å². The number of hydrogen-bond acceptors (Lipinski definition) is 4. The van der Waals surface area contributed by atoms with Crippen molar-refractivity contribution in [1.82, 2.24) is 10.3 Å². The zero-order chi connectivity index (χ0) is 13.8. The standard InChI is InChI=1S/C13H19Cl2N3O/c1-2-18-5-6-19-12(8-18)13(17-16)10-7-9(14)3-4-11(10)15/h3-4,7,12-13,17H,2,5-6,8,16H2,1H3. The Balaban J connectivity index is 2.21. The SMILES string of the molecule is CCN1CCOC(C(NN)c2cc(Cl)ccc2Cl)C1. The number of hydrogen-bond donors (Lipinski definition) is 2. The lowest BCUT2D eigenvalue weighted by Crippen LogP contribution is -2.49. The van der Waals surface area contributed by atoms with Gasteiger partial charge in [0.05, 0.1) is 18.8 Å². The van der Waals surface area contributed by atoms with Crippen molar-refractivity contribution in [2.24, 2.45) is 5.84 Å². The van der Waals surface area contributed by atoms with E-state index in [1.54, 1.807) is 12.1 Å². The highest BCUT2D eigenvalue weighted by Gasteiger charge is 2.29. The number of morpholine rings is 1. The van der Waals surface area contributed by atoms with E-state index in [2.05, 4.69) is 17.2 Å². The molecule has 106 valence electrons. The maximum atomic E-state index is 6.24. The van der Waals surface area contributed by atoms with Crippen LogP contribution in [-0.4, -0.2) is 37.2 Å². The maximum Gasteiger partial charge on any atom is 0.0910 e. The van der Waals surface area contributed by atoms with Gasteiger partial charge in [-0.3, -0.25) is 16.2 Å². The van der Waals surface area contributed by atoms with Gasteiger partial charge >= 0.3 is 0 Å². The number of halogens is 2. The summed E-state index contributed by atoms with van der Waals surface area (Å²) in [6.45, 7) is 5.62. The molecule has 0 spiro atoms. The zero-order valence-corrected chi connectivity index (χ0v) is 12.4. The number of nitrogens with two attached hydrogens (primary N) is 1. The molecule has 1 aliphatic rings. The minimum atomic E-state index is -0.166. The monoisotopic (exact) mass is 303 g/mol. The maximum absolute atomic E-state index is 6.24. The van der Waals surface area contributed by atoms with E-state index in [1.165, 1.54) is 0 Å². The third-order valence-corrected chi connectivity index (χ3v) is 4.05. The lowest BCUT2D eigenvalue weighted by Gasteiger charge is -2.36. The van der Waals surface area contributed by atoms with E-state index in [-0.39, 0.29) is 12.1 Å². The highest BCUT2D eigenvalue weighted by molar-refractivity contribution is 6.33. The van der Waals surface area contributed by atoms with Crippen LogP contribution < -0.4 is 11.3 Å². The van der Waals surface area contributed by atoms with Crippen LogP contribution in [0.15, 0.2) is 18.2 Å². The summed E-state index contributed by atoms with van der Waals surface area (Å²) in [6.07, 6.45) is -0.0327. The number of ether oxygens (including phenoxy) is 1. The molecule has 19 heavy (non-hydrogen) atoms. The third kappa shape index (κ3) is 3.60. The van der Waals surface area contributed by atoms with Gasteiger partial charge in [0.15, 0.2) is 0 Å². The minimum Gasteiger partial charge on any atom is -0.374 e. The Labute approximate surface area is 123 Å². The van der Waals surface area contributed by atoms with Gasteiger partial charge in [0, 0.05) is 23.1 Å². The van der Waals surface area contributed by atoms with E-state index in [1.807, 2.05) is 6.07 Å². The largest absolute Gasteiger partial charge is 0.374 e. The van der Waals surface area contributed by atoms with Crippen LogP contribution in [0.2, 0.25) is 10.0 Å².